The first kappa shape index (κ1) is 25.4. The molecule has 198 valence electrons. The van der Waals surface area contributed by atoms with E-state index in [-0.39, 0.29) is 31.9 Å². The molecule has 0 saturated carbocycles. The standard InChI is InChI=1S/C29H30N2O7/c1-2-34-14-6-13-30-28(32)27(21-7-4-3-5-8-21)31(17-20-9-11-23-25(15-20)37-18-35-23)29(33)22-10-12-24-26(16-22)38-19-36-24/h3-5,7-12,15-16,27H,2,6,13-14,17-19H2,1H3,(H,30,32)/t27-/m1/s1. The summed E-state index contributed by atoms with van der Waals surface area (Å²) in [5, 5.41) is 2.99. The summed E-state index contributed by atoms with van der Waals surface area (Å²) in [4.78, 5) is 29.3. The summed E-state index contributed by atoms with van der Waals surface area (Å²) in [6, 6.07) is 19.0. The lowest BCUT2D eigenvalue weighted by molar-refractivity contribution is -0.126. The molecule has 2 aliphatic heterocycles. The van der Waals surface area contributed by atoms with Gasteiger partial charge in [-0.05, 0) is 54.8 Å². The lowest BCUT2D eigenvalue weighted by atomic mass is 10.0. The first-order chi connectivity index (χ1) is 18.6. The molecule has 5 rings (SSSR count). The molecule has 0 saturated heterocycles. The second-order valence-corrected chi connectivity index (χ2v) is 8.84. The molecule has 1 N–H and O–H groups in total. The van der Waals surface area contributed by atoms with Crippen LogP contribution in [0.15, 0.2) is 66.7 Å². The second-order valence-electron chi connectivity index (χ2n) is 8.84. The SMILES string of the molecule is CCOCCCNC(=O)[C@@H](c1ccccc1)N(Cc1ccc2c(c1)OCO2)C(=O)c1ccc2c(c1)OCO2. The van der Waals surface area contributed by atoms with Crippen LogP contribution in [0.5, 0.6) is 23.0 Å². The minimum atomic E-state index is -0.883. The number of carbonyl (C=O) groups excluding carboxylic acids is 2. The van der Waals surface area contributed by atoms with E-state index in [2.05, 4.69) is 5.32 Å². The highest BCUT2D eigenvalue weighted by atomic mass is 16.7. The molecule has 0 unspecified atom stereocenters. The Morgan fingerprint density at radius 1 is 0.895 bits per heavy atom. The van der Waals surface area contributed by atoms with Gasteiger partial charge in [-0.2, -0.15) is 0 Å². The summed E-state index contributed by atoms with van der Waals surface area (Å²) < 4.78 is 27.3. The largest absolute Gasteiger partial charge is 0.454 e. The number of fused-ring (bicyclic) bond motifs is 2. The number of rotatable bonds is 11. The Balaban J connectivity index is 1.48. The van der Waals surface area contributed by atoms with Crippen molar-refractivity contribution in [1.82, 2.24) is 10.2 Å². The van der Waals surface area contributed by atoms with Gasteiger partial charge in [0.2, 0.25) is 19.5 Å². The van der Waals surface area contributed by atoms with Crippen molar-refractivity contribution in [2.24, 2.45) is 0 Å². The molecule has 2 amide bonds. The van der Waals surface area contributed by atoms with E-state index in [1.807, 2.05) is 55.5 Å². The summed E-state index contributed by atoms with van der Waals surface area (Å²) in [5.41, 5.74) is 1.89. The molecule has 0 fully saturated rings. The van der Waals surface area contributed by atoms with Crippen LogP contribution in [0.3, 0.4) is 0 Å². The molecule has 38 heavy (non-hydrogen) atoms. The van der Waals surface area contributed by atoms with Gasteiger partial charge < -0.3 is 33.9 Å². The monoisotopic (exact) mass is 518 g/mol. The van der Waals surface area contributed by atoms with Crippen LogP contribution < -0.4 is 24.3 Å². The normalized spacial score (nSPS) is 13.7. The highest BCUT2D eigenvalue weighted by Gasteiger charge is 2.33. The maximum absolute atomic E-state index is 14.1. The third kappa shape index (κ3) is 5.68. The van der Waals surface area contributed by atoms with Crippen molar-refractivity contribution in [1.29, 1.82) is 0 Å². The number of ether oxygens (including phenoxy) is 5. The van der Waals surface area contributed by atoms with E-state index in [0.717, 1.165) is 5.56 Å². The fraction of sp³-hybridized carbons (Fsp3) is 0.310. The predicted molar refractivity (Wildman–Crippen MR) is 138 cm³/mol. The lowest BCUT2D eigenvalue weighted by Crippen LogP contribution is -2.43. The lowest BCUT2D eigenvalue weighted by Gasteiger charge is -2.32. The van der Waals surface area contributed by atoms with Crippen molar-refractivity contribution in [3.05, 3.63) is 83.4 Å². The Hall–Kier alpha value is -4.24. The number of amides is 2. The van der Waals surface area contributed by atoms with Crippen LogP contribution in [0, 0.1) is 0 Å². The van der Waals surface area contributed by atoms with Crippen molar-refractivity contribution in [2.75, 3.05) is 33.3 Å². The van der Waals surface area contributed by atoms with Crippen molar-refractivity contribution in [3.63, 3.8) is 0 Å². The number of hydrogen-bond acceptors (Lipinski definition) is 7. The molecule has 0 spiro atoms. The molecular formula is C29H30N2O7. The third-order valence-electron chi connectivity index (χ3n) is 6.31. The highest BCUT2D eigenvalue weighted by molar-refractivity contribution is 5.98. The van der Waals surface area contributed by atoms with Gasteiger partial charge in [0.05, 0.1) is 0 Å². The van der Waals surface area contributed by atoms with Crippen molar-refractivity contribution < 1.29 is 33.3 Å². The maximum Gasteiger partial charge on any atom is 0.255 e. The maximum atomic E-state index is 14.1. The number of hydrogen-bond donors (Lipinski definition) is 1. The van der Waals surface area contributed by atoms with Crippen LogP contribution in [0.4, 0.5) is 0 Å². The van der Waals surface area contributed by atoms with E-state index < -0.39 is 6.04 Å². The van der Waals surface area contributed by atoms with Gasteiger partial charge in [0.25, 0.3) is 5.91 Å². The fourth-order valence-electron chi connectivity index (χ4n) is 4.45. The van der Waals surface area contributed by atoms with Gasteiger partial charge in [0.15, 0.2) is 23.0 Å². The van der Waals surface area contributed by atoms with Crippen molar-refractivity contribution in [2.45, 2.75) is 25.9 Å². The molecule has 0 aliphatic carbocycles. The molecule has 2 aliphatic rings. The van der Waals surface area contributed by atoms with E-state index >= 15 is 0 Å². The Bertz CT molecular complexity index is 1280. The Morgan fingerprint density at radius 2 is 1.58 bits per heavy atom. The van der Waals surface area contributed by atoms with Crippen LogP contribution >= 0.6 is 0 Å². The van der Waals surface area contributed by atoms with Crippen LogP contribution in [0.2, 0.25) is 0 Å². The molecule has 9 heteroatoms. The second kappa shape index (κ2) is 11.9. The van der Waals surface area contributed by atoms with E-state index in [9.17, 15) is 9.59 Å². The fourth-order valence-corrected chi connectivity index (χ4v) is 4.45. The minimum absolute atomic E-state index is 0.102. The molecule has 3 aromatic carbocycles. The van der Waals surface area contributed by atoms with Crippen LogP contribution in [0.25, 0.3) is 0 Å². The van der Waals surface area contributed by atoms with Crippen molar-refractivity contribution in [3.8, 4) is 23.0 Å². The average Bonchev–Trinajstić information content (AvgIpc) is 3.61. The predicted octanol–water partition coefficient (Wildman–Crippen LogP) is 4.07. The number of benzene rings is 3. The van der Waals surface area contributed by atoms with Gasteiger partial charge in [-0.1, -0.05) is 36.4 Å². The van der Waals surface area contributed by atoms with Crippen LogP contribution in [-0.4, -0.2) is 50.1 Å². The summed E-state index contributed by atoms with van der Waals surface area (Å²) in [6.07, 6.45) is 0.666. The van der Waals surface area contributed by atoms with E-state index in [1.165, 1.54) is 0 Å². The zero-order valence-corrected chi connectivity index (χ0v) is 21.2. The van der Waals surface area contributed by atoms with E-state index in [1.54, 1.807) is 23.1 Å². The summed E-state index contributed by atoms with van der Waals surface area (Å²) in [5.74, 6) is 1.73. The van der Waals surface area contributed by atoms with Crippen LogP contribution in [-0.2, 0) is 16.1 Å². The van der Waals surface area contributed by atoms with Gasteiger partial charge in [0, 0.05) is 31.9 Å². The topological polar surface area (TPSA) is 95.6 Å². The minimum Gasteiger partial charge on any atom is -0.454 e. The molecule has 9 nitrogen and oxygen atoms in total. The Labute approximate surface area is 221 Å². The van der Waals surface area contributed by atoms with E-state index in [4.69, 9.17) is 23.7 Å². The zero-order valence-electron chi connectivity index (χ0n) is 21.2. The molecule has 3 aromatic rings. The summed E-state index contributed by atoms with van der Waals surface area (Å²) in [6.45, 7) is 3.94. The first-order valence-electron chi connectivity index (χ1n) is 12.6. The quantitative estimate of drug-likeness (QED) is 0.382. The average molecular weight is 519 g/mol. The molecule has 1 atom stereocenters. The summed E-state index contributed by atoms with van der Waals surface area (Å²) in [7, 11) is 0. The molecule has 2 heterocycles. The Kier molecular flexibility index (Phi) is 7.94. The van der Waals surface area contributed by atoms with Gasteiger partial charge in [0.1, 0.15) is 6.04 Å². The van der Waals surface area contributed by atoms with Gasteiger partial charge in [-0.3, -0.25) is 9.59 Å². The number of nitrogens with one attached hydrogen (secondary N) is 1. The highest BCUT2D eigenvalue weighted by Crippen LogP contribution is 2.36. The Morgan fingerprint density at radius 3 is 2.32 bits per heavy atom. The van der Waals surface area contributed by atoms with Crippen molar-refractivity contribution >= 4 is 11.8 Å². The van der Waals surface area contributed by atoms with Gasteiger partial charge in [-0.25, -0.2) is 0 Å². The molecule has 0 bridgehead atoms. The number of nitrogens with zero attached hydrogens (tertiary/aromatic N) is 1. The number of carbonyl (C=O) groups is 2. The van der Waals surface area contributed by atoms with Gasteiger partial charge >= 0.3 is 0 Å². The third-order valence-corrected chi connectivity index (χ3v) is 6.31. The molecular weight excluding hydrogens is 488 g/mol. The molecule has 0 radical (unpaired) electrons. The summed E-state index contributed by atoms with van der Waals surface area (Å²) >= 11 is 0. The van der Waals surface area contributed by atoms with Gasteiger partial charge in [-0.15, -0.1) is 0 Å². The van der Waals surface area contributed by atoms with Crippen LogP contribution in [0.1, 0.15) is 40.9 Å². The smallest absolute Gasteiger partial charge is 0.255 e. The molecule has 0 aromatic heterocycles. The zero-order chi connectivity index (χ0) is 26.3. The van der Waals surface area contributed by atoms with E-state index in [0.29, 0.717) is 60.3 Å². The first-order valence-corrected chi connectivity index (χ1v) is 12.6.